The fourth-order valence-electron chi connectivity index (χ4n) is 2.12. The molecule has 0 aliphatic heterocycles. The van der Waals surface area contributed by atoms with E-state index in [1.54, 1.807) is 25.3 Å². The summed E-state index contributed by atoms with van der Waals surface area (Å²) in [5.41, 5.74) is 1.32. The van der Waals surface area contributed by atoms with Crippen molar-refractivity contribution in [2.24, 2.45) is 0 Å². The number of ether oxygens (including phenoxy) is 1. The Balaban J connectivity index is 1.45. The molecule has 1 aromatic heterocycles. The number of methoxy groups -OCH3 is 1. The molecule has 0 radical (unpaired) electrons. The standard InChI is InChI=1S/C18H17FN4O2S2/c1-25-13-8-6-12(7-9-13)10-20-16(24)11-26-18-23-22-17(27-18)21-15-5-3-2-4-14(15)19/h2-9H,10-11H2,1H3,(H,20,24)(H,21,22). The van der Waals surface area contributed by atoms with Crippen LogP contribution in [0, 0.1) is 5.82 Å². The van der Waals surface area contributed by atoms with E-state index in [9.17, 15) is 9.18 Å². The van der Waals surface area contributed by atoms with Crippen molar-refractivity contribution in [1.82, 2.24) is 15.5 Å². The normalized spacial score (nSPS) is 10.4. The van der Waals surface area contributed by atoms with Crippen LogP contribution in [-0.2, 0) is 11.3 Å². The largest absolute Gasteiger partial charge is 0.497 e. The van der Waals surface area contributed by atoms with E-state index in [-0.39, 0.29) is 17.5 Å². The molecule has 0 bridgehead atoms. The van der Waals surface area contributed by atoms with Gasteiger partial charge in [0, 0.05) is 6.54 Å². The smallest absolute Gasteiger partial charge is 0.230 e. The molecule has 3 aromatic rings. The molecule has 2 aromatic carbocycles. The third-order valence-corrected chi connectivity index (χ3v) is 5.47. The third kappa shape index (κ3) is 5.66. The molecule has 0 atom stereocenters. The van der Waals surface area contributed by atoms with Crippen molar-refractivity contribution in [3.63, 3.8) is 0 Å². The SMILES string of the molecule is COc1ccc(CNC(=O)CSc2nnc(Nc3ccccc3F)s2)cc1. The van der Waals surface area contributed by atoms with Crippen molar-refractivity contribution in [2.45, 2.75) is 10.9 Å². The van der Waals surface area contributed by atoms with Crippen molar-refractivity contribution in [1.29, 1.82) is 0 Å². The molecule has 27 heavy (non-hydrogen) atoms. The van der Waals surface area contributed by atoms with Crippen LogP contribution in [0.1, 0.15) is 5.56 Å². The zero-order valence-corrected chi connectivity index (χ0v) is 16.1. The summed E-state index contributed by atoms with van der Waals surface area (Å²) in [5.74, 6) is 0.538. The molecule has 1 heterocycles. The highest BCUT2D eigenvalue weighted by atomic mass is 32.2. The van der Waals surface area contributed by atoms with Gasteiger partial charge < -0.3 is 15.4 Å². The Morgan fingerprint density at radius 2 is 1.96 bits per heavy atom. The van der Waals surface area contributed by atoms with Crippen LogP contribution in [0.25, 0.3) is 0 Å². The van der Waals surface area contributed by atoms with Gasteiger partial charge in [-0.3, -0.25) is 4.79 Å². The summed E-state index contributed by atoms with van der Waals surface area (Å²) in [6, 6.07) is 13.8. The van der Waals surface area contributed by atoms with Crippen LogP contribution in [0.4, 0.5) is 15.2 Å². The number of amides is 1. The lowest BCUT2D eigenvalue weighted by molar-refractivity contribution is -0.118. The second-order valence-corrected chi connectivity index (χ2v) is 7.59. The first kappa shape index (κ1) is 19.1. The van der Waals surface area contributed by atoms with E-state index in [2.05, 4.69) is 20.8 Å². The van der Waals surface area contributed by atoms with Gasteiger partial charge in [0.25, 0.3) is 0 Å². The van der Waals surface area contributed by atoms with E-state index in [0.29, 0.717) is 21.7 Å². The molecule has 6 nitrogen and oxygen atoms in total. The summed E-state index contributed by atoms with van der Waals surface area (Å²) in [4.78, 5) is 12.0. The van der Waals surface area contributed by atoms with Gasteiger partial charge >= 0.3 is 0 Å². The number of carbonyl (C=O) groups is 1. The summed E-state index contributed by atoms with van der Waals surface area (Å²) >= 11 is 2.55. The van der Waals surface area contributed by atoms with Gasteiger partial charge in [0.15, 0.2) is 4.34 Å². The first-order valence-electron chi connectivity index (χ1n) is 8.01. The fourth-order valence-corrected chi connectivity index (χ4v) is 3.71. The van der Waals surface area contributed by atoms with Crippen molar-refractivity contribution in [2.75, 3.05) is 18.2 Å². The van der Waals surface area contributed by atoms with Crippen LogP contribution in [0.2, 0.25) is 0 Å². The number of halogens is 1. The zero-order chi connectivity index (χ0) is 19.1. The van der Waals surface area contributed by atoms with Crippen LogP contribution >= 0.6 is 23.1 Å². The lowest BCUT2D eigenvalue weighted by Gasteiger charge is -2.05. The van der Waals surface area contributed by atoms with Gasteiger partial charge in [-0.05, 0) is 29.8 Å². The van der Waals surface area contributed by atoms with Gasteiger partial charge in [-0.1, -0.05) is 47.4 Å². The molecular formula is C18H17FN4O2S2. The summed E-state index contributed by atoms with van der Waals surface area (Å²) in [6.07, 6.45) is 0. The molecule has 9 heteroatoms. The Morgan fingerprint density at radius 3 is 2.70 bits per heavy atom. The zero-order valence-electron chi connectivity index (χ0n) is 14.4. The maximum atomic E-state index is 13.6. The van der Waals surface area contributed by atoms with E-state index in [4.69, 9.17) is 4.74 Å². The molecule has 0 saturated carbocycles. The maximum absolute atomic E-state index is 13.6. The molecule has 0 unspecified atom stereocenters. The predicted octanol–water partition coefficient (Wildman–Crippen LogP) is 3.84. The highest BCUT2D eigenvalue weighted by molar-refractivity contribution is 8.01. The summed E-state index contributed by atoms with van der Waals surface area (Å²) in [5, 5.41) is 14.2. The highest BCUT2D eigenvalue weighted by Crippen LogP contribution is 2.28. The Hall–Kier alpha value is -2.65. The first-order valence-corrected chi connectivity index (χ1v) is 9.82. The predicted molar refractivity (Wildman–Crippen MR) is 105 cm³/mol. The lowest BCUT2D eigenvalue weighted by atomic mass is 10.2. The number of carbonyl (C=O) groups excluding carboxylic acids is 1. The van der Waals surface area contributed by atoms with E-state index >= 15 is 0 Å². The number of benzene rings is 2. The Morgan fingerprint density at radius 1 is 1.19 bits per heavy atom. The van der Waals surface area contributed by atoms with Crippen molar-refractivity contribution in [3.8, 4) is 5.75 Å². The average Bonchev–Trinajstić information content (AvgIpc) is 3.14. The number of nitrogens with one attached hydrogen (secondary N) is 2. The number of rotatable bonds is 8. The molecule has 3 rings (SSSR count). The van der Waals surface area contributed by atoms with Crippen LogP contribution in [-0.4, -0.2) is 29.0 Å². The molecule has 0 saturated heterocycles. The Kier molecular flexibility index (Phi) is 6.61. The minimum Gasteiger partial charge on any atom is -0.497 e. The van der Waals surface area contributed by atoms with Gasteiger partial charge in [0.2, 0.25) is 11.0 Å². The van der Waals surface area contributed by atoms with E-state index < -0.39 is 0 Å². The van der Waals surface area contributed by atoms with E-state index in [1.807, 2.05) is 24.3 Å². The number of thioether (sulfide) groups is 1. The topological polar surface area (TPSA) is 76.1 Å². The molecular weight excluding hydrogens is 387 g/mol. The number of aromatic nitrogens is 2. The Bertz CT molecular complexity index is 902. The number of nitrogens with zero attached hydrogens (tertiary/aromatic N) is 2. The number of hydrogen-bond donors (Lipinski definition) is 2. The van der Waals surface area contributed by atoms with Gasteiger partial charge in [-0.25, -0.2) is 4.39 Å². The van der Waals surface area contributed by atoms with Gasteiger partial charge in [0.1, 0.15) is 11.6 Å². The molecule has 0 aliphatic carbocycles. The maximum Gasteiger partial charge on any atom is 0.230 e. The number of para-hydroxylation sites is 1. The van der Waals surface area contributed by atoms with Gasteiger partial charge in [0.05, 0.1) is 18.6 Å². The minimum atomic E-state index is -0.361. The van der Waals surface area contributed by atoms with Crippen molar-refractivity contribution < 1.29 is 13.9 Å². The van der Waals surface area contributed by atoms with Gasteiger partial charge in [-0.2, -0.15) is 0 Å². The van der Waals surface area contributed by atoms with Crippen molar-refractivity contribution in [3.05, 3.63) is 59.9 Å². The number of hydrogen-bond acceptors (Lipinski definition) is 7. The molecule has 2 N–H and O–H groups in total. The summed E-state index contributed by atoms with van der Waals surface area (Å²) < 4.78 is 19.4. The second-order valence-electron chi connectivity index (χ2n) is 5.39. The quantitative estimate of drug-likeness (QED) is 0.556. The third-order valence-electron chi connectivity index (χ3n) is 3.50. The second kappa shape index (κ2) is 9.33. The molecule has 0 aliphatic rings. The first-order chi connectivity index (χ1) is 13.1. The van der Waals surface area contributed by atoms with Crippen LogP contribution in [0.3, 0.4) is 0 Å². The summed E-state index contributed by atoms with van der Waals surface area (Å²) in [7, 11) is 1.61. The Labute approximate surface area is 164 Å². The molecule has 0 fully saturated rings. The van der Waals surface area contributed by atoms with Crippen LogP contribution in [0.5, 0.6) is 5.75 Å². The number of anilines is 2. The molecule has 140 valence electrons. The fraction of sp³-hybridized carbons (Fsp3) is 0.167. The monoisotopic (exact) mass is 404 g/mol. The van der Waals surface area contributed by atoms with E-state index in [0.717, 1.165) is 11.3 Å². The molecule has 0 spiro atoms. The minimum absolute atomic E-state index is 0.102. The average molecular weight is 404 g/mol. The van der Waals surface area contributed by atoms with Crippen LogP contribution < -0.4 is 15.4 Å². The van der Waals surface area contributed by atoms with Gasteiger partial charge in [-0.15, -0.1) is 10.2 Å². The summed E-state index contributed by atoms with van der Waals surface area (Å²) in [6.45, 7) is 0.444. The molecule has 1 amide bonds. The highest BCUT2D eigenvalue weighted by Gasteiger charge is 2.10. The van der Waals surface area contributed by atoms with Crippen LogP contribution in [0.15, 0.2) is 52.9 Å². The van der Waals surface area contributed by atoms with E-state index in [1.165, 1.54) is 29.2 Å². The van der Waals surface area contributed by atoms with Crippen molar-refractivity contribution >= 4 is 39.8 Å². The lowest BCUT2D eigenvalue weighted by Crippen LogP contribution is -2.24.